The first-order valence-corrected chi connectivity index (χ1v) is 11.0. The van der Waals surface area contributed by atoms with Gasteiger partial charge in [0.25, 0.3) is 5.01 Å². The van der Waals surface area contributed by atoms with Crippen LogP contribution in [0.2, 0.25) is 0 Å². The highest BCUT2D eigenvalue weighted by atomic mass is 32.1. The first kappa shape index (κ1) is 20.2. The van der Waals surface area contributed by atoms with Crippen LogP contribution >= 0.6 is 11.3 Å². The number of hydrogen-bond donors (Lipinski definition) is 0. The molecule has 2 aromatic carbocycles. The molecule has 0 spiro atoms. The predicted molar refractivity (Wildman–Crippen MR) is 128 cm³/mol. The number of thiazole rings is 1. The van der Waals surface area contributed by atoms with E-state index in [4.69, 9.17) is 4.74 Å². The second-order valence-electron chi connectivity index (χ2n) is 7.52. The Morgan fingerprint density at radius 1 is 1.00 bits per heavy atom. The molecule has 0 amide bonds. The molecule has 2 heterocycles. The molecule has 0 saturated heterocycles. The standard InChI is InChI=1S/C26H27N2OS/c1-5-28-24-8-6-7-9-25(24)30-26(28)18-21-16-19(2)29-23(17-21)15-12-20-10-13-22(14-11-20)27(3)4/h6-18H,5H2,1-4H3/q+1. The second-order valence-corrected chi connectivity index (χ2v) is 8.58. The number of rotatable bonds is 5. The molecule has 0 N–H and O–H groups in total. The SMILES string of the molecule is CC[n+]1c(/C=C2\C=C(C)OC(/C=C/c3ccc(N(C)C)cc3)=C2)sc2ccccc21. The van der Waals surface area contributed by atoms with Crippen LogP contribution in [-0.2, 0) is 11.3 Å². The predicted octanol–water partition coefficient (Wildman–Crippen LogP) is 6.19. The maximum atomic E-state index is 5.94. The molecule has 1 aromatic heterocycles. The number of fused-ring (bicyclic) bond motifs is 1. The largest absolute Gasteiger partial charge is 0.462 e. The molecule has 0 atom stereocenters. The summed E-state index contributed by atoms with van der Waals surface area (Å²) in [5, 5.41) is 1.25. The zero-order valence-corrected chi connectivity index (χ0v) is 18.7. The Morgan fingerprint density at radius 2 is 1.77 bits per heavy atom. The summed E-state index contributed by atoms with van der Waals surface area (Å²) < 4.78 is 9.61. The minimum absolute atomic E-state index is 0.849. The summed E-state index contributed by atoms with van der Waals surface area (Å²) in [5.41, 5.74) is 4.78. The van der Waals surface area contributed by atoms with Crippen LogP contribution in [-0.4, -0.2) is 14.1 Å². The van der Waals surface area contributed by atoms with Gasteiger partial charge in [-0.05, 0) is 61.4 Å². The van der Waals surface area contributed by atoms with Gasteiger partial charge in [0.1, 0.15) is 22.8 Å². The number of hydrogen-bond acceptors (Lipinski definition) is 3. The van der Waals surface area contributed by atoms with Crippen molar-refractivity contribution in [3.05, 3.63) is 94.4 Å². The first-order valence-electron chi connectivity index (χ1n) is 10.2. The summed E-state index contributed by atoms with van der Waals surface area (Å²) in [7, 11) is 4.10. The number of para-hydroxylation sites is 1. The average Bonchev–Trinajstić information content (AvgIpc) is 3.09. The van der Waals surface area contributed by atoms with E-state index in [0.717, 1.165) is 29.2 Å². The van der Waals surface area contributed by atoms with Crippen LogP contribution in [0.4, 0.5) is 5.69 Å². The molecular weight excluding hydrogens is 388 g/mol. The van der Waals surface area contributed by atoms with E-state index >= 15 is 0 Å². The second kappa shape index (κ2) is 8.72. The van der Waals surface area contributed by atoms with Gasteiger partial charge in [-0.2, -0.15) is 4.57 Å². The van der Waals surface area contributed by atoms with Crippen LogP contribution in [0.25, 0.3) is 22.4 Å². The number of benzene rings is 2. The summed E-state index contributed by atoms with van der Waals surface area (Å²) in [6, 6.07) is 17.1. The third-order valence-electron chi connectivity index (χ3n) is 5.05. The molecule has 30 heavy (non-hydrogen) atoms. The van der Waals surface area contributed by atoms with E-state index < -0.39 is 0 Å². The van der Waals surface area contributed by atoms with Gasteiger partial charge in [-0.15, -0.1) is 0 Å². The third kappa shape index (κ3) is 4.39. The van der Waals surface area contributed by atoms with E-state index in [1.807, 2.05) is 38.4 Å². The van der Waals surface area contributed by atoms with Gasteiger partial charge in [0.15, 0.2) is 0 Å². The van der Waals surface area contributed by atoms with Crippen molar-refractivity contribution >= 4 is 39.4 Å². The fraction of sp³-hybridized carbons (Fsp3) is 0.192. The summed E-state index contributed by atoms with van der Waals surface area (Å²) >= 11 is 1.82. The van der Waals surface area contributed by atoms with Gasteiger partial charge in [-0.25, -0.2) is 0 Å². The molecule has 3 aromatic rings. The van der Waals surface area contributed by atoms with Crippen LogP contribution in [0.15, 0.2) is 83.9 Å². The highest BCUT2D eigenvalue weighted by Gasteiger charge is 2.17. The lowest BCUT2D eigenvalue weighted by Crippen LogP contribution is -2.33. The Bertz CT molecular complexity index is 1180. The number of aryl methyl sites for hydroxylation is 1. The van der Waals surface area contributed by atoms with Gasteiger partial charge in [0.05, 0.1) is 0 Å². The fourth-order valence-electron chi connectivity index (χ4n) is 3.54. The smallest absolute Gasteiger partial charge is 0.263 e. The maximum Gasteiger partial charge on any atom is 0.263 e. The van der Waals surface area contributed by atoms with Crippen LogP contribution < -0.4 is 9.47 Å². The van der Waals surface area contributed by atoms with Gasteiger partial charge in [0, 0.05) is 31.9 Å². The lowest BCUT2D eigenvalue weighted by molar-refractivity contribution is -0.665. The highest BCUT2D eigenvalue weighted by molar-refractivity contribution is 7.18. The lowest BCUT2D eigenvalue weighted by Gasteiger charge is -2.13. The van der Waals surface area contributed by atoms with E-state index in [0.29, 0.717) is 0 Å². The number of nitrogens with zero attached hydrogens (tertiary/aromatic N) is 2. The minimum atomic E-state index is 0.849. The third-order valence-corrected chi connectivity index (χ3v) is 6.16. The monoisotopic (exact) mass is 415 g/mol. The van der Waals surface area contributed by atoms with Crippen molar-refractivity contribution in [3.8, 4) is 0 Å². The zero-order chi connectivity index (χ0) is 21.1. The molecular formula is C26H27N2OS+. The van der Waals surface area contributed by atoms with Crippen molar-refractivity contribution in [2.75, 3.05) is 19.0 Å². The summed E-state index contributed by atoms with van der Waals surface area (Å²) in [5.74, 6) is 1.75. The van der Waals surface area contributed by atoms with E-state index in [-0.39, 0.29) is 0 Å². The summed E-state index contributed by atoms with van der Waals surface area (Å²) in [6.45, 7) is 5.14. The van der Waals surface area contributed by atoms with E-state index in [9.17, 15) is 0 Å². The average molecular weight is 416 g/mol. The van der Waals surface area contributed by atoms with Gasteiger partial charge in [0.2, 0.25) is 5.52 Å². The van der Waals surface area contributed by atoms with Crippen molar-refractivity contribution in [2.24, 2.45) is 0 Å². The molecule has 1 aliphatic heterocycles. The Hall–Kier alpha value is -3.11. The highest BCUT2D eigenvalue weighted by Crippen LogP contribution is 2.26. The molecule has 0 bridgehead atoms. The van der Waals surface area contributed by atoms with Crippen molar-refractivity contribution in [3.63, 3.8) is 0 Å². The normalized spacial score (nSPS) is 15.4. The fourth-order valence-corrected chi connectivity index (χ4v) is 4.73. The van der Waals surface area contributed by atoms with Crippen LogP contribution in [0.5, 0.6) is 0 Å². The van der Waals surface area contributed by atoms with Crippen LogP contribution in [0, 0.1) is 0 Å². The number of aromatic nitrogens is 1. The van der Waals surface area contributed by atoms with Crippen molar-refractivity contribution in [1.29, 1.82) is 0 Å². The molecule has 3 nitrogen and oxygen atoms in total. The molecule has 4 rings (SSSR count). The molecule has 0 unspecified atom stereocenters. The number of allylic oxidation sites excluding steroid dienone is 5. The Kier molecular flexibility index (Phi) is 5.86. The summed E-state index contributed by atoms with van der Waals surface area (Å²) in [6.07, 6.45) is 10.6. The molecule has 0 aliphatic carbocycles. The number of ether oxygens (including phenoxy) is 1. The minimum Gasteiger partial charge on any atom is -0.462 e. The number of anilines is 1. The van der Waals surface area contributed by atoms with Crippen molar-refractivity contribution < 1.29 is 9.30 Å². The Labute approximate surface area is 182 Å². The molecule has 0 radical (unpaired) electrons. The zero-order valence-electron chi connectivity index (χ0n) is 17.9. The topological polar surface area (TPSA) is 16.4 Å². The Balaban J connectivity index is 1.62. The molecule has 1 aliphatic rings. The molecule has 0 saturated carbocycles. The van der Waals surface area contributed by atoms with Gasteiger partial charge >= 0.3 is 0 Å². The quantitative estimate of drug-likeness (QED) is 0.462. The lowest BCUT2D eigenvalue weighted by atomic mass is 10.1. The van der Waals surface area contributed by atoms with Gasteiger partial charge < -0.3 is 9.64 Å². The van der Waals surface area contributed by atoms with E-state index in [2.05, 4.69) is 89.2 Å². The van der Waals surface area contributed by atoms with Crippen LogP contribution in [0.1, 0.15) is 24.4 Å². The Morgan fingerprint density at radius 3 is 2.50 bits per heavy atom. The van der Waals surface area contributed by atoms with E-state index in [1.54, 1.807) is 0 Å². The summed E-state index contributed by atoms with van der Waals surface area (Å²) in [4.78, 5) is 2.10. The van der Waals surface area contributed by atoms with E-state index in [1.165, 1.54) is 20.9 Å². The maximum absolute atomic E-state index is 5.94. The van der Waals surface area contributed by atoms with Gasteiger partial charge in [-0.1, -0.05) is 41.7 Å². The molecule has 4 heteroatoms. The van der Waals surface area contributed by atoms with Crippen molar-refractivity contribution in [2.45, 2.75) is 20.4 Å². The molecule has 0 fully saturated rings. The van der Waals surface area contributed by atoms with Gasteiger partial charge in [-0.3, -0.25) is 0 Å². The van der Waals surface area contributed by atoms with Crippen molar-refractivity contribution in [1.82, 2.24) is 0 Å². The van der Waals surface area contributed by atoms with Crippen LogP contribution in [0.3, 0.4) is 0 Å². The molecule has 152 valence electrons. The first-order chi connectivity index (χ1) is 14.5.